The van der Waals surface area contributed by atoms with Crippen molar-refractivity contribution in [3.63, 3.8) is 0 Å². The van der Waals surface area contributed by atoms with Crippen molar-refractivity contribution in [1.29, 1.82) is 0 Å². The van der Waals surface area contributed by atoms with Crippen LogP contribution in [-0.4, -0.2) is 96.7 Å². The summed E-state index contributed by atoms with van der Waals surface area (Å²) in [4.78, 5) is 73.1. The van der Waals surface area contributed by atoms with Gasteiger partial charge in [0.1, 0.15) is 19.3 Å². The van der Waals surface area contributed by atoms with Crippen molar-refractivity contribution in [3.8, 4) is 0 Å². The molecule has 0 aromatic carbocycles. The number of esters is 4. The number of unbranched alkanes of at least 4 members (excludes halogenated alkanes) is 39. The van der Waals surface area contributed by atoms with Gasteiger partial charge in [-0.2, -0.15) is 0 Å². The van der Waals surface area contributed by atoms with Gasteiger partial charge in [-0.25, -0.2) is 9.13 Å². The number of rotatable bonds is 79. The lowest BCUT2D eigenvalue weighted by atomic mass is 10.0. The third-order valence-corrected chi connectivity index (χ3v) is 19.8. The van der Waals surface area contributed by atoms with Crippen LogP contribution in [0.25, 0.3) is 0 Å². The summed E-state index contributed by atoms with van der Waals surface area (Å²) in [6, 6.07) is 0. The number of allylic oxidation sites excluding steroid dienone is 14. The second kappa shape index (κ2) is 77.4. The molecule has 3 N–H and O–H groups in total. The molecule has 0 heterocycles. The molecule has 0 amide bonds. The van der Waals surface area contributed by atoms with Crippen molar-refractivity contribution < 1.29 is 80.2 Å². The normalized spacial score (nSPS) is 14.3. The Bertz CT molecular complexity index is 2300. The fraction of sp³-hybridized carbons (Fsp3) is 0.788. The van der Waals surface area contributed by atoms with Gasteiger partial charge in [-0.1, -0.05) is 344 Å². The van der Waals surface area contributed by atoms with Crippen LogP contribution in [0.1, 0.15) is 374 Å². The number of aliphatic hydroxyl groups is 1. The van der Waals surface area contributed by atoms with Crippen molar-refractivity contribution in [2.75, 3.05) is 39.6 Å². The van der Waals surface area contributed by atoms with Crippen LogP contribution in [0.4, 0.5) is 0 Å². The zero-order valence-corrected chi connectivity index (χ0v) is 68.0. The van der Waals surface area contributed by atoms with E-state index >= 15 is 0 Å². The van der Waals surface area contributed by atoms with Crippen LogP contribution in [0.5, 0.6) is 0 Å². The largest absolute Gasteiger partial charge is 0.472 e. The third kappa shape index (κ3) is 76.4. The van der Waals surface area contributed by atoms with Crippen LogP contribution >= 0.6 is 15.6 Å². The van der Waals surface area contributed by atoms with Gasteiger partial charge in [0.05, 0.1) is 26.4 Å². The number of hydrogen-bond acceptors (Lipinski definition) is 15. The Hall–Kier alpha value is -3.76. The Labute approximate surface area is 634 Å². The third-order valence-electron chi connectivity index (χ3n) is 17.9. The minimum atomic E-state index is -4.99. The number of ether oxygens (including phenoxy) is 4. The molecule has 0 aliphatic rings. The zero-order valence-electron chi connectivity index (χ0n) is 66.2. The number of aliphatic hydroxyl groups excluding tert-OH is 1. The van der Waals surface area contributed by atoms with Crippen LogP contribution in [0.15, 0.2) is 85.1 Å². The average molecular weight is 1510 g/mol. The molecule has 0 rings (SSSR count). The van der Waals surface area contributed by atoms with Crippen LogP contribution < -0.4 is 0 Å². The van der Waals surface area contributed by atoms with Gasteiger partial charge in [0.2, 0.25) is 0 Å². The first-order valence-electron chi connectivity index (χ1n) is 41.8. The molecule has 0 fully saturated rings. The Morgan fingerprint density at radius 2 is 0.519 bits per heavy atom. The number of phosphoric ester groups is 2. The minimum Gasteiger partial charge on any atom is -0.462 e. The summed E-state index contributed by atoms with van der Waals surface area (Å²) in [5, 5.41) is 10.7. The van der Waals surface area contributed by atoms with E-state index in [-0.39, 0.29) is 25.7 Å². The van der Waals surface area contributed by atoms with Gasteiger partial charge in [-0.3, -0.25) is 37.3 Å². The molecule has 17 nitrogen and oxygen atoms in total. The fourth-order valence-corrected chi connectivity index (χ4v) is 13.1. The summed E-state index contributed by atoms with van der Waals surface area (Å²) in [6.07, 6.45) is 81.4. The summed E-state index contributed by atoms with van der Waals surface area (Å²) in [6.45, 7) is 4.75. The van der Waals surface area contributed by atoms with Gasteiger partial charge in [-0.05, 0) is 89.9 Å². The van der Waals surface area contributed by atoms with E-state index in [0.29, 0.717) is 32.1 Å². The van der Waals surface area contributed by atoms with Crippen LogP contribution in [-0.2, 0) is 65.4 Å². The van der Waals surface area contributed by atoms with Gasteiger partial charge >= 0.3 is 39.5 Å². The maximum atomic E-state index is 13.1. The van der Waals surface area contributed by atoms with Crippen molar-refractivity contribution in [1.82, 2.24) is 0 Å². The first kappa shape index (κ1) is 100. The van der Waals surface area contributed by atoms with Crippen molar-refractivity contribution in [2.24, 2.45) is 0 Å². The predicted octanol–water partition coefficient (Wildman–Crippen LogP) is 24.6. The molecule has 0 saturated heterocycles. The van der Waals surface area contributed by atoms with Gasteiger partial charge in [0, 0.05) is 25.7 Å². The molecular formula is C85H152O17P2. The summed E-state index contributed by atoms with van der Waals surface area (Å²) < 4.78 is 68.7. The Morgan fingerprint density at radius 1 is 0.279 bits per heavy atom. The lowest BCUT2D eigenvalue weighted by molar-refractivity contribution is -0.161. The number of phosphoric acid groups is 2. The summed E-state index contributed by atoms with van der Waals surface area (Å²) >= 11 is 0. The molecule has 104 heavy (non-hydrogen) atoms. The van der Waals surface area contributed by atoms with Gasteiger partial charge < -0.3 is 33.8 Å². The smallest absolute Gasteiger partial charge is 0.462 e. The van der Waals surface area contributed by atoms with Crippen LogP contribution in [0.3, 0.4) is 0 Å². The quantitative estimate of drug-likeness (QED) is 0.0169. The summed E-state index contributed by atoms with van der Waals surface area (Å²) in [5.74, 6) is -2.25. The van der Waals surface area contributed by atoms with E-state index in [4.69, 9.17) is 37.0 Å². The number of carbonyl (C=O) groups is 4. The van der Waals surface area contributed by atoms with E-state index in [1.807, 2.05) is 12.2 Å². The van der Waals surface area contributed by atoms with E-state index in [2.05, 4.69) is 101 Å². The molecule has 0 bridgehead atoms. The van der Waals surface area contributed by atoms with E-state index in [0.717, 1.165) is 116 Å². The highest BCUT2D eigenvalue weighted by molar-refractivity contribution is 7.47. The molecule has 0 aromatic heterocycles. The number of carbonyl (C=O) groups excluding carboxylic acids is 4. The topological polar surface area (TPSA) is 237 Å². The van der Waals surface area contributed by atoms with E-state index < -0.39 is 97.5 Å². The summed E-state index contributed by atoms with van der Waals surface area (Å²) in [5.41, 5.74) is 0. The van der Waals surface area contributed by atoms with E-state index in [1.165, 1.54) is 173 Å². The molecule has 0 radical (unpaired) electrons. The Kier molecular flexibility index (Phi) is 74.6. The molecule has 0 aromatic rings. The molecule has 0 aliphatic heterocycles. The Balaban J connectivity index is 5.39. The fourth-order valence-electron chi connectivity index (χ4n) is 11.5. The SMILES string of the molecule is CC/C=C\C/C=C\C/C=C\C/C=C\C/C=C\C/C=C\CCC(=O)OC[C@H](COP(=O)(O)OC[C@@H](O)COP(=O)(O)OC[C@@H](COC(=O)CCCCCCCCCCCCCCCCC)OC(=O)CCCCCCC/C=C\CCCCCCCC)OC(=O)CCCCCCCCCCCCCCCCC. The second-order valence-electron chi connectivity index (χ2n) is 28.1. The molecule has 0 spiro atoms. The lowest BCUT2D eigenvalue weighted by Gasteiger charge is -2.21. The molecule has 0 aliphatic carbocycles. The standard InChI is InChI=1S/C85H152O17P2/c1-5-9-13-17-21-25-29-33-37-38-39-40-44-46-50-54-58-62-66-70-83(88)96-76-81(102-85(90)72-68-64-60-56-52-48-43-36-32-28-24-20-16-12-8-4)78-100-104(93,94)98-74-79(86)73-97-103(91,92)99-77-80(101-84(89)71-67-63-59-55-51-47-42-35-31-27-23-19-15-11-7-3)75-95-82(87)69-65-61-57-53-49-45-41-34-30-26-22-18-14-10-6-2/h9,13,21,25,33,35,37,39-40,42,46,50,58,62,79-81,86H,5-8,10-12,14-20,22-24,26-32,34,36,38,41,43-45,47-49,51-57,59-61,63-78H2,1-4H3,(H,91,92)(H,93,94)/b13-9-,25-21-,37-33-,40-39-,42-35-,50-46-,62-58-/t79-,80+,81+/m0/s1. The average Bonchev–Trinajstić information content (AvgIpc) is 0.918. The highest BCUT2D eigenvalue weighted by Crippen LogP contribution is 2.45. The molecule has 2 unspecified atom stereocenters. The number of hydrogen-bond donors (Lipinski definition) is 3. The zero-order chi connectivity index (χ0) is 76.0. The molecule has 5 atom stereocenters. The Morgan fingerprint density at radius 3 is 0.827 bits per heavy atom. The molecule has 0 saturated carbocycles. The van der Waals surface area contributed by atoms with Gasteiger partial charge in [-0.15, -0.1) is 0 Å². The van der Waals surface area contributed by atoms with Crippen molar-refractivity contribution >= 4 is 39.5 Å². The monoisotopic (exact) mass is 1510 g/mol. The first-order valence-corrected chi connectivity index (χ1v) is 44.8. The molecular weight excluding hydrogens is 1350 g/mol. The minimum absolute atomic E-state index is 0.0392. The maximum absolute atomic E-state index is 13.1. The van der Waals surface area contributed by atoms with Crippen LogP contribution in [0.2, 0.25) is 0 Å². The van der Waals surface area contributed by atoms with Crippen molar-refractivity contribution in [3.05, 3.63) is 85.1 Å². The highest BCUT2D eigenvalue weighted by atomic mass is 31.2. The maximum Gasteiger partial charge on any atom is 0.472 e. The lowest BCUT2D eigenvalue weighted by Crippen LogP contribution is -2.30. The van der Waals surface area contributed by atoms with Gasteiger partial charge in [0.15, 0.2) is 12.2 Å². The summed E-state index contributed by atoms with van der Waals surface area (Å²) in [7, 11) is -9.97. The molecule has 19 heteroatoms. The van der Waals surface area contributed by atoms with Crippen LogP contribution in [0, 0.1) is 0 Å². The second-order valence-corrected chi connectivity index (χ2v) is 31.0. The van der Waals surface area contributed by atoms with Gasteiger partial charge in [0.25, 0.3) is 0 Å². The highest BCUT2D eigenvalue weighted by Gasteiger charge is 2.30. The van der Waals surface area contributed by atoms with Crippen molar-refractivity contribution in [2.45, 2.75) is 393 Å². The van der Waals surface area contributed by atoms with E-state index in [9.17, 15) is 43.2 Å². The predicted molar refractivity (Wildman–Crippen MR) is 427 cm³/mol. The molecule has 604 valence electrons. The first-order chi connectivity index (χ1) is 50.7. The van der Waals surface area contributed by atoms with E-state index in [1.54, 1.807) is 0 Å².